The zero-order chi connectivity index (χ0) is 13.7. The predicted molar refractivity (Wildman–Crippen MR) is 77.1 cm³/mol. The Hall–Kier alpha value is -2.56. The van der Waals surface area contributed by atoms with Crippen LogP contribution in [0, 0.1) is 0 Å². The summed E-state index contributed by atoms with van der Waals surface area (Å²) in [5, 5.41) is 3.09. The number of ether oxygens (including phenoxy) is 1. The Morgan fingerprint density at radius 2 is 2.05 bits per heavy atom. The largest absolute Gasteiger partial charge is 0.497 e. The lowest BCUT2D eigenvalue weighted by Crippen LogP contribution is -2.04. The summed E-state index contributed by atoms with van der Waals surface area (Å²) in [6.07, 6.45) is 1.76. The zero-order valence-corrected chi connectivity index (χ0v) is 10.8. The van der Waals surface area contributed by atoms with Crippen molar-refractivity contribution in [3.8, 4) is 17.0 Å². The van der Waals surface area contributed by atoms with Gasteiger partial charge in [-0.1, -0.05) is 6.08 Å². The fourth-order valence-corrected chi connectivity index (χ4v) is 1.64. The van der Waals surface area contributed by atoms with Gasteiger partial charge >= 0.3 is 0 Å². The second kappa shape index (κ2) is 5.86. The fourth-order valence-electron chi connectivity index (χ4n) is 1.64. The molecule has 0 radical (unpaired) electrons. The van der Waals surface area contributed by atoms with Crippen LogP contribution in [0.3, 0.4) is 0 Å². The minimum absolute atomic E-state index is 0.236. The Morgan fingerprint density at radius 3 is 2.68 bits per heavy atom. The van der Waals surface area contributed by atoms with Crippen LogP contribution >= 0.6 is 0 Å². The number of hydrogen-bond acceptors (Lipinski definition) is 5. The number of nitrogens with one attached hydrogen (secondary N) is 1. The maximum atomic E-state index is 5.71. The molecule has 1 aromatic carbocycles. The van der Waals surface area contributed by atoms with Gasteiger partial charge in [0, 0.05) is 18.2 Å². The van der Waals surface area contributed by atoms with E-state index >= 15 is 0 Å². The molecule has 5 heteroatoms. The third-order valence-corrected chi connectivity index (χ3v) is 2.56. The molecule has 1 heterocycles. The lowest BCUT2D eigenvalue weighted by molar-refractivity contribution is 0.415. The number of nitrogens with zero attached hydrogens (tertiary/aromatic N) is 2. The summed E-state index contributed by atoms with van der Waals surface area (Å²) >= 11 is 0. The standard InChI is InChI=1S/C14H16N4O/c1-3-8-16-13-9-12(17-14(15)18-13)10-4-6-11(19-2)7-5-10/h3-7,9H,1,8H2,2H3,(H3,15,16,17,18). The van der Waals surface area contributed by atoms with Crippen LogP contribution in [-0.2, 0) is 0 Å². The quantitative estimate of drug-likeness (QED) is 0.803. The number of nitrogen functional groups attached to an aromatic ring is 1. The Kier molecular flexibility index (Phi) is 3.97. The van der Waals surface area contributed by atoms with Gasteiger partial charge in [0.05, 0.1) is 12.8 Å². The normalized spacial score (nSPS) is 9.95. The van der Waals surface area contributed by atoms with Crippen molar-refractivity contribution in [2.45, 2.75) is 0 Å². The lowest BCUT2D eigenvalue weighted by atomic mass is 10.1. The molecule has 0 saturated heterocycles. The first-order valence-corrected chi connectivity index (χ1v) is 5.86. The summed E-state index contributed by atoms with van der Waals surface area (Å²) in [7, 11) is 1.63. The third kappa shape index (κ3) is 3.22. The van der Waals surface area contributed by atoms with E-state index in [4.69, 9.17) is 10.5 Å². The molecule has 0 fully saturated rings. The van der Waals surface area contributed by atoms with Gasteiger partial charge < -0.3 is 15.8 Å². The van der Waals surface area contributed by atoms with Crippen molar-refractivity contribution in [2.24, 2.45) is 0 Å². The Morgan fingerprint density at radius 1 is 1.32 bits per heavy atom. The minimum atomic E-state index is 0.236. The molecule has 0 amide bonds. The molecule has 0 spiro atoms. The van der Waals surface area contributed by atoms with E-state index in [1.807, 2.05) is 30.3 Å². The highest BCUT2D eigenvalue weighted by atomic mass is 16.5. The molecule has 0 aliphatic heterocycles. The number of rotatable bonds is 5. The van der Waals surface area contributed by atoms with Crippen molar-refractivity contribution in [3.63, 3.8) is 0 Å². The van der Waals surface area contributed by atoms with Crippen molar-refractivity contribution in [1.82, 2.24) is 9.97 Å². The van der Waals surface area contributed by atoms with E-state index in [-0.39, 0.29) is 5.95 Å². The molecular formula is C14H16N4O. The van der Waals surface area contributed by atoms with Gasteiger partial charge in [-0.3, -0.25) is 0 Å². The second-order valence-corrected chi connectivity index (χ2v) is 3.89. The van der Waals surface area contributed by atoms with Crippen LogP contribution in [0.5, 0.6) is 5.75 Å². The molecule has 3 N–H and O–H groups in total. The average molecular weight is 256 g/mol. The van der Waals surface area contributed by atoms with Gasteiger partial charge in [-0.2, -0.15) is 4.98 Å². The molecule has 0 aliphatic rings. The number of aromatic nitrogens is 2. The SMILES string of the molecule is C=CCNc1cc(-c2ccc(OC)cc2)nc(N)n1. The van der Waals surface area contributed by atoms with E-state index in [1.54, 1.807) is 13.2 Å². The van der Waals surface area contributed by atoms with E-state index < -0.39 is 0 Å². The lowest BCUT2D eigenvalue weighted by Gasteiger charge is -2.07. The van der Waals surface area contributed by atoms with E-state index in [9.17, 15) is 0 Å². The van der Waals surface area contributed by atoms with Crippen molar-refractivity contribution in [1.29, 1.82) is 0 Å². The molecule has 5 nitrogen and oxygen atoms in total. The van der Waals surface area contributed by atoms with E-state index in [2.05, 4.69) is 21.9 Å². The molecular weight excluding hydrogens is 240 g/mol. The maximum absolute atomic E-state index is 5.71. The summed E-state index contributed by atoms with van der Waals surface area (Å²) in [6.45, 7) is 4.27. The zero-order valence-electron chi connectivity index (χ0n) is 10.8. The van der Waals surface area contributed by atoms with Crippen LogP contribution in [0.1, 0.15) is 0 Å². The van der Waals surface area contributed by atoms with Crippen LogP contribution in [0.25, 0.3) is 11.3 Å². The van der Waals surface area contributed by atoms with Gasteiger partial charge in [-0.05, 0) is 24.3 Å². The Bertz CT molecular complexity index is 566. The van der Waals surface area contributed by atoms with Crippen molar-refractivity contribution >= 4 is 11.8 Å². The minimum Gasteiger partial charge on any atom is -0.497 e. The molecule has 0 aliphatic carbocycles. The molecule has 2 aromatic rings. The van der Waals surface area contributed by atoms with Crippen LogP contribution in [0.2, 0.25) is 0 Å². The van der Waals surface area contributed by atoms with Crippen molar-refractivity contribution in [2.75, 3.05) is 24.7 Å². The highest BCUT2D eigenvalue weighted by Crippen LogP contribution is 2.23. The number of hydrogen-bond donors (Lipinski definition) is 2. The van der Waals surface area contributed by atoms with Gasteiger partial charge in [0.1, 0.15) is 11.6 Å². The molecule has 0 saturated carbocycles. The average Bonchev–Trinajstić information content (AvgIpc) is 2.44. The summed E-state index contributed by atoms with van der Waals surface area (Å²) in [5.74, 6) is 1.72. The smallest absolute Gasteiger partial charge is 0.222 e. The second-order valence-electron chi connectivity index (χ2n) is 3.89. The summed E-state index contributed by atoms with van der Waals surface area (Å²) < 4.78 is 5.12. The fraction of sp³-hybridized carbons (Fsp3) is 0.143. The molecule has 98 valence electrons. The first-order chi connectivity index (χ1) is 9.22. The van der Waals surface area contributed by atoms with Gasteiger partial charge in [-0.15, -0.1) is 6.58 Å². The first-order valence-electron chi connectivity index (χ1n) is 5.86. The highest BCUT2D eigenvalue weighted by Gasteiger charge is 2.04. The number of nitrogens with two attached hydrogens (primary N) is 1. The molecule has 1 aromatic heterocycles. The van der Waals surface area contributed by atoms with E-state index in [1.165, 1.54) is 0 Å². The van der Waals surface area contributed by atoms with Crippen molar-refractivity contribution in [3.05, 3.63) is 43.0 Å². The van der Waals surface area contributed by atoms with Gasteiger partial charge in [0.25, 0.3) is 0 Å². The molecule has 2 rings (SSSR count). The monoisotopic (exact) mass is 256 g/mol. The maximum Gasteiger partial charge on any atom is 0.222 e. The Labute approximate surface area is 112 Å². The molecule has 19 heavy (non-hydrogen) atoms. The number of methoxy groups -OCH3 is 1. The van der Waals surface area contributed by atoms with Crippen LogP contribution in [-0.4, -0.2) is 23.6 Å². The third-order valence-electron chi connectivity index (χ3n) is 2.56. The van der Waals surface area contributed by atoms with Gasteiger partial charge in [0.2, 0.25) is 5.95 Å². The number of anilines is 2. The van der Waals surface area contributed by atoms with Crippen LogP contribution < -0.4 is 15.8 Å². The topological polar surface area (TPSA) is 73.1 Å². The summed E-state index contributed by atoms with van der Waals surface area (Å²) in [4.78, 5) is 8.34. The van der Waals surface area contributed by atoms with Crippen LogP contribution in [0.4, 0.5) is 11.8 Å². The summed E-state index contributed by atoms with van der Waals surface area (Å²) in [5.41, 5.74) is 7.43. The molecule has 0 atom stereocenters. The predicted octanol–water partition coefficient (Wildman–Crippen LogP) is 2.33. The van der Waals surface area contributed by atoms with Crippen LogP contribution in [0.15, 0.2) is 43.0 Å². The Balaban J connectivity index is 2.31. The van der Waals surface area contributed by atoms with Crippen molar-refractivity contribution < 1.29 is 4.74 Å². The first kappa shape index (κ1) is 12.9. The summed E-state index contributed by atoms with van der Waals surface area (Å²) in [6, 6.07) is 9.46. The number of benzene rings is 1. The van der Waals surface area contributed by atoms with Gasteiger partial charge in [0.15, 0.2) is 0 Å². The molecule has 0 unspecified atom stereocenters. The van der Waals surface area contributed by atoms with Gasteiger partial charge in [-0.25, -0.2) is 4.98 Å². The van der Waals surface area contributed by atoms with E-state index in [0.29, 0.717) is 12.4 Å². The van der Waals surface area contributed by atoms with E-state index in [0.717, 1.165) is 17.0 Å². The molecule has 0 bridgehead atoms. The highest BCUT2D eigenvalue weighted by molar-refractivity contribution is 5.64.